The lowest BCUT2D eigenvalue weighted by Gasteiger charge is -2.23. The van der Waals surface area contributed by atoms with Crippen molar-refractivity contribution in [3.8, 4) is 0 Å². The molecule has 28 heavy (non-hydrogen) atoms. The molecule has 0 spiro atoms. The molecule has 0 saturated carbocycles. The minimum atomic E-state index is -3.89. The van der Waals surface area contributed by atoms with Gasteiger partial charge in [-0.05, 0) is 36.8 Å². The van der Waals surface area contributed by atoms with E-state index in [1.807, 2.05) is 0 Å². The third-order valence-corrected chi connectivity index (χ3v) is 6.25. The fourth-order valence-corrected chi connectivity index (χ4v) is 4.03. The van der Waals surface area contributed by atoms with Gasteiger partial charge in [0.15, 0.2) is 9.84 Å². The molecule has 0 aliphatic carbocycles. The molecule has 1 amide bonds. The van der Waals surface area contributed by atoms with Gasteiger partial charge >= 0.3 is 0 Å². The summed E-state index contributed by atoms with van der Waals surface area (Å²) >= 11 is 0. The predicted molar refractivity (Wildman–Crippen MR) is 105 cm³/mol. The number of amides is 1. The van der Waals surface area contributed by atoms with E-state index in [2.05, 4.69) is 5.32 Å². The van der Waals surface area contributed by atoms with Crippen LogP contribution in [0.5, 0.6) is 0 Å². The Morgan fingerprint density at radius 3 is 2.11 bits per heavy atom. The lowest BCUT2D eigenvalue weighted by atomic mass is 10.1. The third-order valence-electron chi connectivity index (χ3n) is 3.99. The van der Waals surface area contributed by atoms with Crippen LogP contribution in [0.15, 0.2) is 53.4 Å². The summed E-state index contributed by atoms with van der Waals surface area (Å²) in [7, 11) is -7.22. The molecule has 0 fully saturated rings. The number of rotatable bonds is 7. The van der Waals surface area contributed by atoms with Crippen molar-refractivity contribution in [2.24, 2.45) is 0 Å². The van der Waals surface area contributed by atoms with Crippen molar-refractivity contribution in [3.63, 3.8) is 0 Å². The Morgan fingerprint density at radius 1 is 1.04 bits per heavy atom. The normalized spacial score (nSPS) is 13.0. The van der Waals surface area contributed by atoms with Crippen LogP contribution in [0.4, 0.5) is 10.1 Å². The summed E-state index contributed by atoms with van der Waals surface area (Å²) < 4.78 is 61.8. The molecule has 2 aromatic rings. The second-order valence-electron chi connectivity index (χ2n) is 6.35. The summed E-state index contributed by atoms with van der Waals surface area (Å²) in [5, 5.41) is 2.63. The first kappa shape index (κ1) is 21.8. The van der Waals surface area contributed by atoms with Crippen LogP contribution >= 0.6 is 0 Å². The van der Waals surface area contributed by atoms with Gasteiger partial charge in [-0.1, -0.05) is 24.3 Å². The highest BCUT2D eigenvalue weighted by Crippen LogP contribution is 2.21. The summed E-state index contributed by atoms with van der Waals surface area (Å²) in [6.45, 7) is 1.08. The van der Waals surface area contributed by atoms with E-state index in [-0.39, 0.29) is 10.6 Å². The number of hydrogen-bond donors (Lipinski definition) is 1. The van der Waals surface area contributed by atoms with Crippen molar-refractivity contribution in [1.29, 1.82) is 0 Å². The Hall–Kier alpha value is -2.46. The molecule has 2 rings (SSSR count). The average Bonchev–Trinajstić information content (AvgIpc) is 2.59. The lowest BCUT2D eigenvalue weighted by molar-refractivity contribution is -0.120. The molecule has 0 heterocycles. The Labute approximate surface area is 164 Å². The molecule has 7 nitrogen and oxygen atoms in total. The van der Waals surface area contributed by atoms with Crippen LogP contribution in [0.1, 0.15) is 18.5 Å². The van der Waals surface area contributed by atoms with Crippen molar-refractivity contribution < 1.29 is 26.0 Å². The maximum atomic E-state index is 14.0. The molecule has 1 unspecified atom stereocenters. The molecule has 0 saturated heterocycles. The number of nitrogens with one attached hydrogen (secondary N) is 1. The number of carbonyl (C=O) groups is 1. The zero-order valence-corrected chi connectivity index (χ0v) is 17.2. The Morgan fingerprint density at radius 2 is 1.61 bits per heavy atom. The maximum absolute atomic E-state index is 14.0. The van der Waals surface area contributed by atoms with Gasteiger partial charge in [0, 0.05) is 6.26 Å². The molecule has 10 heteroatoms. The van der Waals surface area contributed by atoms with E-state index >= 15 is 0 Å². The first-order valence-electron chi connectivity index (χ1n) is 8.21. The van der Waals surface area contributed by atoms with Gasteiger partial charge in [-0.25, -0.2) is 21.2 Å². The Bertz CT molecular complexity index is 1070. The first-order chi connectivity index (χ1) is 12.9. The zero-order chi connectivity index (χ0) is 21.1. The largest absolute Gasteiger partial charge is 0.348 e. The topological polar surface area (TPSA) is 101 Å². The minimum Gasteiger partial charge on any atom is -0.348 e. The molecule has 1 atom stereocenters. The van der Waals surface area contributed by atoms with E-state index in [1.54, 1.807) is 19.1 Å². The van der Waals surface area contributed by atoms with E-state index in [9.17, 15) is 26.0 Å². The van der Waals surface area contributed by atoms with Crippen LogP contribution in [-0.4, -0.2) is 41.8 Å². The highest BCUT2D eigenvalue weighted by Gasteiger charge is 2.24. The SMILES string of the molecule is CC(NC(=O)CN(c1ccccc1F)S(C)(=O)=O)c1ccc(S(C)(=O)=O)cc1. The fourth-order valence-electron chi connectivity index (χ4n) is 2.54. The van der Waals surface area contributed by atoms with E-state index in [0.717, 1.165) is 18.6 Å². The monoisotopic (exact) mass is 428 g/mol. The van der Waals surface area contributed by atoms with Crippen LogP contribution < -0.4 is 9.62 Å². The number of para-hydroxylation sites is 1. The molecule has 2 aromatic carbocycles. The number of hydrogen-bond acceptors (Lipinski definition) is 5. The second-order valence-corrected chi connectivity index (χ2v) is 10.3. The van der Waals surface area contributed by atoms with Crippen molar-refractivity contribution >= 4 is 31.5 Å². The van der Waals surface area contributed by atoms with E-state index < -0.39 is 44.2 Å². The van der Waals surface area contributed by atoms with Crippen LogP contribution in [0.3, 0.4) is 0 Å². The number of nitrogens with zero attached hydrogens (tertiary/aromatic N) is 1. The summed E-state index contributed by atoms with van der Waals surface area (Å²) in [6.07, 6.45) is 1.98. The fraction of sp³-hybridized carbons (Fsp3) is 0.278. The quantitative estimate of drug-likeness (QED) is 0.726. The Kier molecular flexibility index (Phi) is 6.45. The maximum Gasteiger partial charge on any atom is 0.241 e. The second kappa shape index (κ2) is 8.27. The van der Waals surface area contributed by atoms with Gasteiger partial charge in [-0.15, -0.1) is 0 Å². The average molecular weight is 429 g/mol. The van der Waals surface area contributed by atoms with Crippen LogP contribution in [0.2, 0.25) is 0 Å². The lowest BCUT2D eigenvalue weighted by Crippen LogP contribution is -2.41. The number of sulfonamides is 1. The molecular formula is C18H21FN2O5S2. The van der Waals surface area contributed by atoms with Gasteiger partial charge < -0.3 is 5.32 Å². The number of halogens is 1. The molecule has 0 radical (unpaired) electrons. The van der Waals surface area contributed by atoms with Crippen molar-refractivity contribution in [2.45, 2.75) is 17.9 Å². The predicted octanol–water partition coefficient (Wildman–Crippen LogP) is 1.87. The summed E-state index contributed by atoms with van der Waals surface area (Å²) in [6, 6.07) is 10.7. The zero-order valence-electron chi connectivity index (χ0n) is 15.6. The molecule has 1 N–H and O–H groups in total. The molecular weight excluding hydrogens is 407 g/mol. The highest BCUT2D eigenvalue weighted by atomic mass is 32.2. The van der Waals surface area contributed by atoms with Gasteiger partial charge in [-0.2, -0.15) is 0 Å². The minimum absolute atomic E-state index is 0.151. The summed E-state index contributed by atoms with van der Waals surface area (Å²) in [4.78, 5) is 12.5. The van der Waals surface area contributed by atoms with E-state index in [4.69, 9.17) is 0 Å². The van der Waals surface area contributed by atoms with Crippen LogP contribution in [0.25, 0.3) is 0 Å². The molecule has 152 valence electrons. The van der Waals surface area contributed by atoms with Gasteiger partial charge in [0.2, 0.25) is 15.9 Å². The van der Waals surface area contributed by atoms with Crippen LogP contribution in [0, 0.1) is 5.82 Å². The summed E-state index contributed by atoms with van der Waals surface area (Å²) in [5.41, 5.74) is 0.419. The Balaban J connectivity index is 2.15. The first-order valence-corrected chi connectivity index (χ1v) is 11.9. The number of sulfone groups is 1. The van der Waals surface area contributed by atoms with Crippen molar-refractivity contribution in [2.75, 3.05) is 23.4 Å². The number of carbonyl (C=O) groups excluding carboxylic acids is 1. The molecule has 0 bridgehead atoms. The van der Waals surface area contributed by atoms with Crippen molar-refractivity contribution in [1.82, 2.24) is 5.32 Å². The van der Waals surface area contributed by atoms with Crippen LogP contribution in [-0.2, 0) is 24.7 Å². The highest BCUT2D eigenvalue weighted by molar-refractivity contribution is 7.92. The van der Waals surface area contributed by atoms with Gasteiger partial charge in [-0.3, -0.25) is 9.10 Å². The number of benzene rings is 2. The van der Waals surface area contributed by atoms with Gasteiger partial charge in [0.1, 0.15) is 12.4 Å². The van der Waals surface area contributed by atoms with Crippen molar-refractivity contribution in [3.05, 3.63) is 59.9 Å². The third kappa shape index (κ3) is 5.52. The smallest absolute Gasteiger partial charge is 0.241 e. The number of anilines is 1. The molecule has 0 aliphatic heterocycles. The molecule has 0 aliphatic rings. The standard InChI is InChI=1S/C18H21FN2O5S2/c1-13(14-8-10-15(11-9-14)27(2,23)24)20-18(22)12-21(28(3,25)26)17-7-5-4-6-16(17)19/h4-11,13H,12H2,1-3H3,(H,20,22). The van der Waals surface area contributed by atoms with E-state index in [0.29, 0.717) is 9.87 Å². The van der Waals surface area contributed by atoms with Gasteiger partial charge in [0.05, 0.1) is 22.9 Å². The molecule has 0 aromatic heterocycles. The van der Waals surface area contributed by atoms with E-state index in [1.165, 1.54) is 30.3 Å². The summed E-state index contributed by atoms with van der Waals surface area (Å²) in [5.74, 6) is -1.39. The van der Waals surface area contributed by atoms with Gasteiger partial charge in [0.25, 0.3) is 0 Å².